The summed E-state index contributed by atoms with van der Waals surface area (Å²) >= 11 is 0. The van der Waals surface area contributed by atoms with Gasteiger partial charge < -0.3 is 10.5 Å². The fraction of sp³-hybridized carbons (Fsp3) is 0.286. The number of aliphatic hydroxyl groups excluding tert-OH is 1. The van der Waals surface area contributed by atoms with Crippen molar-refractivity contribution in [3.8, 4) is 5.69 Å². The molecule has 0 spiro atoms. The predicted octanol–water partition coefficient (Wildman–Crippen LogP) is 0.925. The van der Waals surface area contributed by atoms with E-state index in [0.29, 0.717) is 5.95 Å². The number of aromatic nitrogens is 3. The normalized spacial score (nSPS) is 13.1. The van der Waals surface area contributed by atoms with Crippen LogP contribution in [0.4, 0.5) is 5.95 Å². The van der Waals surface area contributed by atoms with Gasteiger partial charge in [-0.05, 0) is 31.4 Å². The highest BCUT2D eigenvalue weighted by Crippen LogP contribution is 2.21. The zero-order valence-electron chi connectivity index (χ0n) is 11.5. The summed E-state index contributed by atoms with van der Waals surface area (Å²) in [4.78, 5) is 16.2. The minimum absolute atomic E-state index is 0.168. The molecule has 0 aliphatic carbocycles. The van der Waals surface area contributed by atoms with E-state index < -0.39 is 0 Å². The lowest BCUT2D eigenvalue weighted by molar-refractivity contribution is 0.285. The summed E-state index contributed by atoms with van der Waals surface area (Å²) in [6.45, 7) is 0.168. The van der Waals surface area contributed by atoms with Crippen LogP contribution in [0, 0.1) is 0 Å². The molecular formula is C14H17N5O2. The zero-order valence-corrected chi connectivity index (χ0v) is 11.5. The van der Waals surface area contributed by atoms with Crippen molar-refractivity contribution in [3.63, 3.8) is 0 Å². The van der Waals surface area contributed by atoms with E-state index in [4.69, 9.17) is 5.11 Å². The van der Waals surface area contributed by atoms with Gasteiger partial charge in [0.2, 0.25) is 5.95 Å². The largest absolute Gasteiger partial charge is 0.396 e. The van der Waals surface area contributed by atoms with Gasteiger partial charge in [0.15, 0.2) is 0 Å². The van der Waals surface area contributed by atoms with Gasteiger partial charge in [-0.1, -0.05) is 18.2 Å². The molecule has 3 rings (SSSR count). The SMILES string of the molecule is O=c1nc2n(n1-c1ccccc1)C(CCCCO)=CNN2. The quantitative estimate of drug-likeness (QED) is 0.712. The Hall–Kier alpha value is -2.54. The third kappa shape index (κ3) is 2.55. The average molecular weight is 287 g/mol. The molecule has 0 saturated heterocycles. The summed E-state index contributed by atoms with van der Waals surface area (Å²) in [6, 6.07) is 9.39. The number of hydrogen-bond donors (Lipinski definition) is 3. The van der Waals surface area contributed by atoms with Crippen molar-refractivity contribution in [1.82, 2.24) is 19.8 Å². The standard InChI is InChI=1S/C14H17N5O2/c20-9-5-4-8-12-10-15-17-13-16-14(21)19(18(12)13)11-6-2-1-3-7-11/h1-3,6-7,10,15,20H,4-5,8-9H2,(H,16,17,21). The van der Waals surface area contributed by atoms with Gasteiger partial charge in [0, 0.05) is 12.8 Å². The van der Waals surface area contributed by atoms with Crippen LogP contribution in [-0.2, 0) is 0 Å². The Labute approximate surface area is 121 Å². The van der Waals surface area contributed by atoms with E-state index in [1.807, 2.05) is 36.5 Å². The van der Waals surface area contributed by atoms with Crippen LogP contribution in [-0.4, -0.2) is 26.1 Å². The van der Waals surface area contributed by atoms with Crippen molar-refractivity contribution in [2.45, 2.75) is 19.3 Å². The maximum absolute atomic E-state index is 12.2. The molecule has 0 fully saturated rings. The van der Waals surface area contributed by atoms with Crippen LogP contribution in [0.3, 0.4) is 0 Å². The minimum atomic E-state index is -0.333. The number of nitrogens with one attached hydrogen (secondary N) is 2. The fourth-order valence-corrected chi connectivity index (χ4v) is 2.35. The van der Waals surface area contributed by atoms with E-state index in [-0.39, 0.29) is 12.3 Å². The molecule has 7 nitrogen and oxygen atoms in total. The number of para-hydroxylation sites is 1. The zero-order chi connectivity index (χ0) is 14.7. The van der Waals surface area contributed by atoms with Gasteiger partial charge >= 0.3 is 5.69 Å². The van der Waals surface area contributed by atoms with E-state index in [1.165, 1.54) is 4.68 Å². The predicted molar refractivity (Wildman–Crippen MR) is 79.8 cm³/mol. The maximum atomic E-state index is 12.2. The molecule has 0 saturated carbocycles. The fourth-order valence-electron chi connectivity index (χ4n) is 2.35. The molecule has 0 unspecified atom stereocenters. The lowest BCUT2D eigenvalue weighted by Crippen LogP contribution is -2.28. The van der Waals surface area contributed by atoms with Crippen LogP contribution in [0.25, 0.3) is 11.4 Å². The summed E-state index contributed by atoms with van der Waals surface area (Å²) in [5.41, 5.74) is 7.12. The van der Waals surface area contributed by atoms with E-state index in [9.17, 15) is 4.79 Å². The summed E-state index contributed by atoms with van der Waals surface area (Å²) in [7, 11) is 0. The molecule has 1 aliphatic rings. The van der Waals surface area contributed by atoms with E-state index in [1.54, 1.807) is 4.68 Å². The number of allylic oxidation sites excluding steroid dienone is 1. The first-order valence-electron chi connectivity index (χ1n) is 6.90. The number of aliphatic hydroxyl groups is 1. The Bertz CT molecular complexity index is 702. The van der Waals surface area contributed by atoms with Gasteiger partial charge in [0.05, 0.1) is 11.4 Å². The first-order valence-corrected chi connectivity index (χ1v) is 6.90. The van der Waals surface area contributed by atoms with E-state index in [2.05, 4.69) is 15.8 Å². The number of hydrazine groups is 1. The third-order valence-electron chi connectivity index (χ3n) is 3.32. The van der Waals surface area contributed by atoms with Gasteiger partial charge in [0.1, 0.15) is 0 Å². The molecule has 0 atom stereocenters. The first kappa shape index (κ1) is 13.4. The molecule has 3 N–H and O–H groups in total. The molecule has 1 aromatic heterocycles. The smallest absolute Gasteiger partial charge is 0.370 e. The molecule has 7 heteroatoms. The van der Waals surface area contributed by atoms with Crippen molar-refractivity contribution in [3.05, 3.63) is 47.0 Å². The summed E-state index contributed by atoms with van der Waals surface area (Å²) in [5.74, 6) is 0.463. The molecular weight excluding hydrogens is 270 g/mol. The first-order chi connectivity index (χ1) is 10.3. The highest BCUT2D eigenvalue weighted by Gasteiger charge is 2.20. The van der Waals surface area contributed by atoms with Crippen molar-refractivity contribution in [1.29, 1.82) is 0 Å². The highest BCUT2D eigenvalue weighted by atomic mass is 16.2. The highest BCUT2D eigenvalue weighted by molar-refractivity contribution is 5.54. The number of anilines is 1. The van der Waals surface area contributed by atoms with Crippen LogP contribution in [0.15, 0.2) is 41.3 Å². The van der Waals surface area contributed by atoms with Crippen LogP contribution < -0.4 is 16.5 Å². The number of unbranched alkanes of at least 4 members (excludes halogenated alkanes) is 1. The van der Waals surface area contributed by atoms with Gasteiger partial charge in [0.25, 0.3) is 0 Å². The molecule has 0 amide bonds. The molecule has 1 aromatic carbocycles. The molecule has 21 heavy (non-hydrogen) atoms. The Morgan fingerprint density at radius 3 is 2.71 bits per heavy atom. The van der Waals surface area contributed by atoms with Crippen molar-refractivity contribution < 1.29 is 5.11 Å². The van der Waals surface area contributed by atoms with Crippen molar-refractivity contribution in [2.24, 2.45) is 0 Å². The molecule has 2 heterocycles. The van der Waals surface area contributed by atoms with Gasteiger partial charge in [-0.15, -0.1) is 0 Å². The molecule has 2 aromatic rings. The van der Waals surface area contributed by atoms with Crippen molar-refractivity contribution >= 4 is 11.6 Å². The van der Waals surface area contributed by atoms with Crippen LogP contribution in [0.1, 0.15) is 19.3 Å². The second-order valence-corrected chi connectivity index (χ2v) is 4.76. The van der Waals surface area contributed by atoms with Gasteiger partial charge in [-0.2, -0.15) is 9.67 Å². The van der Waals surface area contributed by atoms with Crippen molar-refractivity contribution in [2.75, 3.05) is 12.0 Å². The summed E-state index contributed by atoms with van der Waals surface area (Å²) < 4.78 is 3.31. The topological polar surface area (TPSA) is 84.1 Å². The minimum Gasteiger partial charge on any atom is -0.396 e. The van der Waals surface area contributed by atoms with E-state index in [0.717, 1.165) is 30.6 Å². The van der Waals surface area contributed by atoms with Crippen LogP contribution >= 0.6 is 0 Å². The number of benzene rings is 1. The second-order valence-electron chi connectivity index (χ2n) is 4.76. The lowest BCUT2D eigenvalue weighted by Gasteiger charge is -2.21. The summed E-state index contributed by atoms with van der Waals surface area (Å²) in [6.07, 6.45) is 4.12. The summed E-state index contributed by atoms with van der Waals surface area (Å²) in [5, 5.41) is 8.91. The van der Waals surface area contributed by atoms with Crippen LogP contribution in [0.5, 0.6) is 0 Å². The lowest BCUT2D eigenvalue weighted by atomic mass is 10.2. The number of hydrogen-bond acceptors (Lipinski definition) is 5. The molecule has 1 aliphatic heterocycles. The third-order valence-corrected chi connectivity index (χ3v) is 3.32. The van der Waals surface area contributed by atoms with Gasteiger partial charge in [-0.25, -0.2) is 9.48 Å². The van der Waals surface area contributed by atoms with E-state index >= 15 is 0 Å². The monoisotopic (exact) mass is 287 g/mol. The van der Waals surface area contributed by atoms with Crippen LogP contribution in [0.2, 0.25) is 0 Å². The second kappa shape index (κ2) is 5.84. The molecule has 0 radical (unpaired) electrons. The molecule has 110 valence electrons. The average Bonchev–Trinajstić information content (AvgIpc) is 2.85. The number of rotatable bonds is 5. The Balaban J connectivity index is 2.02. The maximum Gasteiger partial charge on any atom is 0.370 e. The Morgan fingerprint density at radius 2 is 1.95 bits per heavy atom. The Morgan fingerprint density at radius 1 is 1.14 bits per heavy atom. The van der Waals surface area contributed by atoms with Gasteiger partial charge in [-0.3, -0.25) is 5.43 Å². The molecule has 0 bridgehead atoms. The Kier molecular flexibility index (Phi) is 3.74. The number of nitrogens with zero attached hydrogens (tertiary/aromatic N) is 3. The number of fused-ring (bicyclic) bond motifs is 1.